The second kappa shape index (κ2) is 5.32. The number of aliphatic hydroxyl groups is 1. The number of aryl methyl sites for hydroxylation is 1. The maximum Gasteiger partial charge on any atom is 0.213 e. The molecule has 0 radical (unpaired) electrons. The molecule has 0 saturated heterocycles. The third-order valence-corrected chi connectivity index (χ3v) is 4.73. The lowest BCUT2D eigenvalue weighted by Crippen LogP contribution is -2.35. The molecule has 4 heteroatoms. The average Bonchev–Trinajstić information content (AvgIpc) is 2.51. The Bertz CT molecular complexity index is 656. The van der Waals surface area contributed by atoms with E-state index in [1.165, 1.54) is 0 Å². The largest absolute Gasteiger partial charge is 0.481 e. The van der Waals surface area contributed by atoms with Crippen LogP contribution < -0.4 is 4.74 Å². The molecule has 0 fully saturated rings. The lowest BCUT2D eigenvalue weighted by Gasteiger charge is -2.39. The Kier molecular flexibility index (Phi) is 3.64. The number of ether oxygens (including phenoxy) is 1. The summed E-state index contributed by atoms with van der Waals surface area (Å²) in [7, 11) is 1.60. The van der Waals surface area contributed by atoms with E-state index in [0.29, 0.717) is 10.9 Å². The van der Waals surface area contributed by atoms with E-state index in [0.717, 1.165) is 29.7 Å². The van der Waals surface area contributed by atoms with E-state index in [1.807, 2.05) is 30.3 Å². The van der Waals surface area contributed by atoms with Gasteiger partial charge in [-0.05, 0) is 36.6 Å². The summed E-state index contributed by atoms with van der Waals surface area (Å²) in [6.07, 6.45) is 1.08. The van der Waals surface area contributed by atoms with Crippen LogP contribution in [-0.2, 0) is 11.8 Å². The molecule has 0 bridgehead atoms. The van der Waals surface area contributed by atoms with Crippen LogP contribution in [-0.4, -0.2) is 17.2 Å². The molecule has 21 heavy (non-hydrogen) atoms. The molecule has 1 N–H and O–H groups in total. The van der Waals surface area contributed by atoms with E-state index in [-0.39, 0.29) is 5.41 Å². The fraction of sp³-hybridized carbons (Fsp3) is 0.353. The van der Waals surface area contributed by atoms with E-state index < -0.39 is 6.10 Å². The minimum Gasteiger partial charge on any atom is -0.481 e. The van der Waals surface area contributed by atoms with Gasteiger partial charge in [0.05, 0.1) is 18.9 Å². The molecular weight excluding hydrogens is 286 g/mol. The van der Waals surface area contributed by atoms with Crippen LogP contribution in [0.3, 0.4) is 0 Å². The van der Waals surface area contributed by atoms with Crippen molar-refractivity contribution in [3.05, 3.63) is 58.2 Å². The van der Waals surface area contributed by atoms with Crippen LogP contribution in [0.1, 0.15) is 36.3 Å². The van der Waals surface area contributed by atoms with Crippen LogP contribution >= 0.6 is 11.6 Å². The maximum atomic E-state index is 10.9. The Morgan fingerprint density at radius 2 is 1.95 bits per heavy atom. The number of hydrogen-bond donors (Lipinski definition) is 1. The average molecular weight is 304 g/mol. The van der Waals surface area contributed by atoms with Crippen LogP contribution in [0.25, 0.3) is 0 Å². The summed E-state index contributed by atoms with van der Waals surface area (Å²) in [4.78, 5) is 4.45. The predicted octanol–water partition coefficient (Wildman–Crippen LogP) is 3.68. The number of rotatable bonds is 2. The topological polar surface area (TPSA) is 42.4 Å². The number of aliphatic hydroxyl groups excluding tert-OH is 1. The van der Waals surface area contributed by atoms with E-state index >= 15 is 0 Å². The van der Waals surface area contributed by atoms with Crippen molar-refractivity contribution in [1.82, 2.24) is 4.98 Å². The van der Waals surface area contributed by atoms with Gasteiger partial charge >= 0.3 is 0 Å². The summed E-state index contributed by atoms with van der Waals surface area (Å²) in [5, 5.41) is 11.6. The molecule has 2 unspecified atom stereocenters. The highest BCUT2D eigenvalue weighted by Crippen LogP contribution is 2.45. The van der Waals surface area contributed by atoms with E-state index in [9.17, 15) is 5.11 Å². The Balaban J connectivity index is 2.01. The number of nitrogens with zero attached hydrogens (tertiary/aromatic N) is 1. The van der Waals surface area contributed by atoms with Gasteiger partial charge in [0.15, 0.2) is 0 Å². The van der Waals surface area contributed by atoms with Gasteiger partial charge in [-0.2, -0.15) is 0 Å². The van der Waals surface area contributed by atoms with Crippen molar-refractivity contribution in [2.45, 2.75) is 31.3 Å². The van der Waals surface area contributed by atoms with Crippen molar-refractivity contribution in [3.63, 3.8) is 0 Å². The summed E-state index contributed by atoms with van der Waals surface area (Å²) in [6, 6.07) is 11.4. The van der Waals surface area contributed by atoms with Crippen LogP contribution in [0.5, 0.6) is 5.88 Å². The molecule has 1 aromatic heterocycles. The quantitative estimate of drug-likeness (QED) is 0.920. The highest BCUT2D eigenvalue weighted by molar-refractivity contribution is 6.30. The standard InChI is InChI=1S/C17H18ClNO2/c1-17(11-3-5-12(18)6-4-11)10-9-14-13(16(17)20)7-8-15(19-14)21-2/h3-8,16,20H,9-10H2,1-2H3. The molecular formula is C17H18ClNO2. The van der Waals surface area contributed by atoms with Crippen molar-refractivity contribution < 1.29 is 9.84 Å². The Morgan fingerprint density at radius 1 is 1.24 bits per heavy atom. The third kappa shape index (κ3) is 2.41. The molecule has 2 aromatic rings. The molecule has 3 nitrogen and oxygen atoms in total. The molecule has 0 saturated carbocycles. The first-order chi connectivity index (χ1) is 10.0. The predicted molar refractivity (Wildman–Crippen MR) is 82.9 cm³/mol. The maximum absolute atomic E-state index is 10.9. The van der Waals surface area contributed by atoms with Crippen LogP contribution in [0.15, 0.2) is 36.4 Å². The van der Waals surface area contributed by atoms with E-state index in [1.54, 1.807) is 13.2 Å². The summed E-state index contributed by atoms with van der Waals surface area (Å²) in [6.45, 7) is 2.09. The summed E-state index contributed by atoms with van der Waals surface area (Å²) >= 11 is 5.96. The third-order valence-electron chi connectivity index (χ3n) is 4.48. The van der Waals surface area contributed by atoms with Gasteiger partial charge in [-0.1, -0.05) is 30.7 Å². The Morgan fingerprint density at radius 3 is 2.62 bits per heavy atom. The van der Waals surface area contributed by atoms with Gasteiger partial charge in [0.25, 0.3) is 0 Å². The molecule has 110 valence electrons. The number of hydrogen-bond acceptors (Lipinski definition) is 3. The smallest absolute Gasteiger partial charge is 0.213 e. The summed E-state index contributed by atoms with van der Waals surface area (Å²) < 4.78 is 5.16. The molecule has 2 atom stereocenters. The number of aromatic nitrogens is 1. The minimum absolute atomic E-state index is 0.326. The fourth-order valence-electron chi connectivity index (χ4n) is 3.05. The van der Waals surface area contributed by atoms with Gasteiger partial charge in [-0.3, -0.25) is 0 Å². The van der Waals surface area contributed by atoms with Crippen LogP contribution in [0, 0.1) is 0 Å². The second-order valence-corrected chi connectivity index (χ2v) is 6.15. The first kappa shape index (κ1) is 14.4. The van der Waals surface area contributed by atoms with Crippen LogP contribution in [0.4, 0.5) is 0 Å². The number of halogens is 1. The van der Waals surface area contributed by atoms with Crippen molar-refractivity contribution in [3.8, 4) is 5.88 Å². The van der Waals surface area contributed by atoms with E-state index in [2.05, 4.69) is 11.9 Å². The van der Waals surface area contributed by atoms with Gasteiger partial charge in [-0.15, -0.1) is 0 Å². The zero-order valence-electron chi connectivity index (χ0n) is 12.1. The lowest BCUT2D eigenvalue weighted by atomic mass is 9.68. The van der Waals surface area contributed by atoms with Crippen LogP contribution in [0.2, 0.25) is 5.02 Å². The zero-order chi connectivity index (χ0) is 15.0. The summed E-state index contributed by atoms with van der Waals surface area (Å²) in [5.74, 6) is 0.594. The highest BCUT2D eigenvalue weighted by Gasteiger charge is 2.40. The molecule has 3 rings (SSSR count). The number of methoxy groups -OCH3 is 1. The van der Waals surface area contributed by atoms with Gasteiger partial charge < -0.3 is 9.84 Å². The fourth-order valence-corrected chi connectivity index (χ4v) is 3.17. The first-order valence-corrected chi connectivity index (χ1v) is 7.40. The SMILES string of the molecule is COc1ccc2c(n1)CCC(C)(c1ccc(Cl)cc1)C2O. The monoisotopic (exact) mass is 303 g/mol. The highest BCUT2D eigenvalue weighted by atomic mass is 35.5. The normalized spacial score (nSPS) is 24.5. The number of pyridine rings is 1. The Labute approximate surface area is 129 Å². The zero-order valence-corrected chi connectivity index (χ0v) is 12.9. The molecule has 0 spiro atoms. The Hall–Kier alpha value is -1.58. The number of benzene rings is 1. The van der Waals surface area contributed by atoms with Gasteiger partial charge in [-0.25, -0.2) is 4.98 Å². The number of fused-ring (bicyclic) bond motifs is 1. The summed E-state index contributed by atoms with van der Waals surface area (Å²) in [5.41, 5.74) is 2.59. The van der Waals surface area contributed by atoms with Gasteiger partial charge in [0, 0.05) is 22.1 Å². The van der Waals surface area contributed by atoms with Crippen molar-refractivity contribution in [2.24, 2.45) is 0 Å². The molecule has 0 amide bonds. The minimum atomic E-state index is -0.583. The lowest BCUT2D eigenvalue weighted by molar-refractivity contribution is 0.0735. The van der Waals surface area contributed by atoms with Crippen molar-refractivity contribution in [2.75, 3.05) is 7.11 Å². The van der Waals surface area contributed by atoms with Crippen molar-refractivity contribution in [1.29, 1.82) is 0 Å². The molecule has 1 aliphatic carbocycles. The van der Waals surface area contributed by atoms with E-state index in [4.69, 9.17) is 16.3 Å². The first-order valence-electron chi connectivity index (χ1n) is 7.02. The molecule has 1 aromatic carbocycles. The van der Waals surface area contributed by atoms with Crippen molar-refractivity contribution >= 4 is 11.6 Å². The van der Waals surface area contributed by atoms with Gasteiger partial charge in [0.2, 0.25) is 5.88 Å². The molecule has 1 aliphatic rings. The van der Waals surface area contributed by atoms with Gasteiger partial charge in [0.1, 0.15) is 0 Å². The molecule has 0 aliphatic heterocycles. The molecule has 1 heterocycles. The second-order valence-electron chi connectivity index (χ2n) is 5.72.